The SMILES string of the molecule is COc1cc(OC)c(OC)cc1CNC(=O)CN1C(=O)NC(C)(c2ccccc2C)C1=O. The maximum absolute atomic E-state index is 13.1. The Morgan fingerprint density at radius 2 is 1.66 bits per heavy atom. The van der Waals surface area contributed by atoms with Crippen molar-refractivity contribution in [1.29, 1.82) is 0 Å². The van der Waals surface area contributed by atoms with Crippen LogP contribution in [0.4, 0.5) is 4.79 Å². The molecule has 2 aromatic carbocycles. The number of urea groups is 1. The van der Waals surface area contributed by atoms with Crippen molar-refractivity contribution in [3.63, 3.8) is 0 Å². The summed E-state index contributed by atoms with van der Waals surface area (Å²) < 4.78 is 15.9. The first kappa shape index (κ1) is 22.9. The van der Waals surface area contributed by atoms with E-state index in [9.17, 15) is 14.4 Å². The van der Waals surface area contributed by atoms with Crippen LogP contribution in [-0.2, 0) is 21.7 Å². The van der Waals surface area contributed by atoms with Crippen LogP contribution in [0.3, 0.4) is 0 Å². The molecular formula is C23H27N3O6. The summed E-state index contributed by atoms with van der Waals surface area (Å²) in [5.74, 6) is 0.523. The van der Waals surface area contributed by atoms with Gasteiger partial charge in [-0.3, -0.25) is 14.5 Å². The highest BCUT2D eigenvalue weighted by molar-refractivity contribution is 6.09. The minimum Gasteiger partial charge on any atom is -0.496 e. The molecule has 9 heteroatoms. The molecule has 9 nitrogen and oxygen atoms in total. The van der Waals surface area contributed by atoms with E-state index in [2.05, 4.69) is 10.6 Å². The highest BCUT2D eigenvalue weighted by atomic mass is 16.5. The van der Waals surface area contributed by atoms with Crippen molar-refractivity contribution in [2.75, 3.05) is 27.9 Å². The molecule has 0 aliphatic carbocycles. The van der Waals surface area contributed by atoms with Crippen molar-refractivity contribution < 1.29 is 28.6 Å². The summed E-state index contributed by atoms with van der Waals surface area (Å²) in [4.78, 5) is 39.1. The molecule has 1 aliphatic rings. The van der Waals surface area contributed by atoms with Gasteiger partial charge in [0.2, 0.25) is 5.91 Å². The van der Waals surface area contributed by atoms with Gasteiger partial charge < -0.3 is 24.8 Å². The van der Waals surface area contributed by atoms with Crippen molar-refractivity contribution >= 4 is 17.8 Å². The number of imide groups is 1. The number of methoxy groups -OCH3 is 3. The summed E-state index contributed by atoms with van der Waals surface area (Å²) in [6.07, 6.45) is 0. The van der Waals surface area contributed by atoms with Gasteiger partial charge in [-0.2, -0.15) is 0 Å². The molecule has 1 aliphatic heterocycles. The van der Waals surface area contributed by atoms with Gasteiger partial charge in [-0.25, -0.2) is 4.79 Å². The minimum absolute atomic E-state index is 0.112. The fourth-order valence-corrected chi connectivity index (χ4v) is 3.78. The standard InChI is InChI=1S/C23H27N3O6/c1-14-8-6-7-9-16(14)23(2)21(28)26(22(29)25-23)13-20(27)24-12-15-10-18(31-4)19(32-5)11-17(15)30-3/h6-11H,12-13H2,1-5H3,(H,24,27)(H,25,29). The van der Waals surface area contributed by atoms with Crippen LogP contribution in [-0.4, -0.2) is 50.6 Å². The van der Waals surface area contributed by atoms with Crippen LogP contribution in [0.25, 0.3) is 0 Å². The van der Waals surface area contributed by atoms with Crippen LogP contribution in [0.5, 0.6) is 17.2 Å². The smallest absolute Gasteiger partial charge is 0.325 e. The molecule has 2 N–H and O–H groups in total. The molecule has 0 aromatic heterocycles. The maximum atomic E-state index is 13.1. The van der Waals surface area contributed by atoms with E-state index in [1.807, 2.05) is 19.1 Å². The van der Waals surface area contributed by atoms with Crippen molar-refractivity contribution in [3.05, 3.63) is 53.1 Å². The lowest BCUT2D eigenvalue weighted by Gasteiger charge is -2.24. The molecule has 170 valence electrons. The number of hydrogen-bond acceptors (Lipinski definition) is 6. The molecule has 1 heterocycles. The summed E-state index contributed by atoms with van der Waals surface area (Å²) in [6, 6.07) is 10.1. The predicted molar refractivity (Wildman–Crippen MR) is 117 cm³/mol. The number of nitrogens with one attached hydrogen (secondary N) is 2. The minimum atomic E-state index is -1.23. The Morgan fingerprint density at radius 3 is 2.28 bits per heavy atom. The zero-order valence-corrected chi connectivity index (χ0v) is 18.8. The van der Waals surface area contributed by atoms with E-state index in [1.165, 1.54) is 21.3 Å². The Labute approximate surface area is 186 Å². The molecule has 3 rings (SSSR count). The number of benzene rings is 2. The van der Waals surface area contributed by atoms with E-state index in [0.29, 0.717) is 28.4 Å². The molecule has 0 bridgehead atoms. The van der Waals surface area contributed by atoms with Crippen LogP contribution in [0.1, 0.15) is 23.6 Å². The summed E-state index contributed by atoms with van der Waals surface area (Å²) in [6.45, 7) is 3.22. The van der Waals surface area contributed by atoms with Crippen molar-refractivity contribution in [3.8, 4) is 17.2 Å². The van der Waals surface area contributed by atoms with Gasteiger partial charge in [-0.15, -0.1) is 0 Å². The van der Waals surface area contributed by atoms with Crippen LogP contribution in [0.2, 0.25) is 0 Å². The second-order valence-electron chi connectivity index (χ2n) is 7.56. The zero-order valence-electron chi connectivity index (χ0n) is 18.8. The Kier molecular flexibility index (Phi) is 6.57. The first-order chi connectivity index (χ1) is 15.2. The van der Waals surface area contributed by atoms with Gasteiger partial charge >= 0.3 is 6.03 Å². The van der Waals surface area contributed by atoms with E-state index >= 15 is 0 Å². The second kappa shape index (κ2) is 9.17. The van der Waals surface area contributed by atoms with Gasteiger partial charge in [0.1, 0.15) is 17.8 Å². The molecule has 0 saturated carbocycles. The van der Waals surface area contributed by atoms with Gasteiger partial charge in [-0.05, 0) is 31.0 Å². The summed E-state index contributed by atoms with van der Waals surface area (Å²) in [5.41, 5.74) is 0.988. The Balaban J connectivity index is 1.71. The van der Waals surface area contributed by atoms with Gasteiger partial charge in [0.05, 0.1) is 21.3 Å². The second-order valence-corrected chi connectivity index (χ2v) is 7.56. The average molecular weight is 441 g/mol. The third kappa shape index (κ3) is 4.18. The lowest BCUT2D eigenvalue weighted by molar-refractivity contribution is -0.134. The van der Waals surface area contributed by atoms with Crippen LogP contribution in [0, 0.1) is 6.92 Å². The van der Waals surface area contributed by atoms with Crippen LogP contribution < -0.4 is 24.8 Å². The Hall–Kier alpha value is -3.75. The number of amides is 4. The first-order valence-corrected chi connectivity index (χ1v) is 10.0. The fourth-order valence-electron chi connectivity index (χ4n) is 3.78. The molecule has 1 atom stereocenters. The average Bonchev–Trinajstić information content (AvgIpc) is 3.00. The molecule has 1 fully saturated rings. The van der Waals surface area contributed by atoms with Crippen LogP contribution >= 0.6 is 0 Å². The van der Waals surface area contributed by atoms with E-state index in [4.69, 9.17) is 14.2 Å². The van der Waals surface area contributed by atoms with Gasteiger partial charge in [0.25, 0.3) is 5.91 Å². The van der Waals surface area contributed by atoms with E-state index < -0.39 is 29.9 Å². The first-order valence-electron chi connectivity index (χ1n) is 10.0. The normalized spacial score (nSPS) is 17.7. The van der Waals surface area contributed by atoms with E-state index in [1.54, 1.807) is 31.2 Å². The topological polar surface area (TPSA) is 106 Å². The lowest BCUT2D eigenvalue weighted by Crippen LogP contribution is -2.43. The number of nitrogens with zero attached hydrogens (tertiary/aromatic N) is 1. The number of carbonyl (C=O) groups excluding carboxylic acids is 3. The van der Waals surface area contributed by atoms with Gasteiger partial charge in [0, 0.05) is 18.2 Å². The molecule has 1 saturated heterocycles. The van der Waals surface area contributed by atoms with Gasteiger partial charge in [-0.1, -0.05) is 24.3 Å². The molecule has 0 radical (unpaired) electrons. The third-order valence-electron chi connectivity index (χ3n) is 5.52. The lowest BCUT2D eigenvalue weighted by atomic mass is 9.88. The molecule has 0 spiro atoms. The largest absolute Gasteiger partial charge is 0.496 e. The molecule has 1 unspecified atom stereocenters. The highest BCUT2D eigenvalue weighted by Gasteiger charge is 2.49. The zero-order chi connectivity index (χ0) is 23.5. The molecule has 4 amide bonds. The van der Waals surface area contributed by atoms with Crippen molar-refractivity contribution in [2.24, 2.45) is 0 Å². The number of aryl methyl sites for hydroxylation is 1. The molecular weight excluding hydrogens is 414 g/mol. The Bertz CT molecular complexity index is 1050. The predicted octanol–water partition coefficient (Wildman–Crippen LogP) is 2.10. The third-order valence-corrected chi connectivity index (χ3v) is 5.52. The number of carbonyl (C=O) groups is 3. The van der Waals surface area contributed by atoms with Crippen molar-refractivity contribution in [1.82, 2.24) is 15.5 Å². The summed E-state index contributed by atoms with van der Waals surface area (Å²) >= 11 is 0. The summed E-state index contributed by atoms with van der Waals surface area (Å²) in [5, 5.41) is 5.44. The number of ether oxygens (including phenoxy) is 3. The highest BCUT2D eigenvalue weighted by Crippen LogP contribution is 2.34. The monoisotopic (exact) mass is 441 g/mol. The van der Waals surface area contributed by atoms with Crippen molar-refractivity contribution in [2.45, 2.75) is 25.9 Å². The van der Waals surface area contributed by atoms with E-state index in [0.717, 1.165) is 10.5 Å². The molecule has 2 aromatic rings. The fraction of sp³-hybridized carbons (Fsp3) is 0.348. The quantitative estimate of drug-likeness (QED) is 0.608. The maximum Gasteiger partial charge on any atom is 0.325 e. The van der Waals surface area contributed by atoms with Gasteiger partial charge in [0.15, 0.2) is 11.5 Å². The number of hydrogen-bond donors (Lipinski definition) is 2. The number of rotatable bonds is 8. The summed E-state index contributed by atoms with van der Waals surface area (Å²) in [7, 11) is 4.53. The van der Waals surface area contributed by atoms with Crippen LogP contribution in [0.15, 0.2) is 36.4 Å². The Morgan fingerprint density at radius 1 is 1.03 bits per heavy atom. The molecule has 32 heavy (non-hydrogen) atoms. The van der Waals surface area contributed by atoms with E-state index in [-0.39, 0.29) is 6.54 Å².